The van der Waals surface area contributed by atoms with Gasteiger partial charge in [-0.05, 0) is 24.5 Å². The molecule has 1 aromatic carbocycles. The van der Waals surface area contributed by atoms with Crippen molar-refractivity contribution in [1.82, 2.24) is 9.13 Å². The number of rotatable bonds is 3. The highest BCUT2D eigenvalue weighted by Gasteiger charge is 2.14. The molecular weight excluding hydrogens is 290 g/mol. The summed E-state index contributed by atoms with van der Waals surface area (Å²) in [5.74, 6) is -0.538. The van der Waals surface area contributed by atoms with Crippen molar-refractivity contribution >= 4 is 23.4 Å². The van der Waals surface area contributed by atoms with Crippen LogP contribution in [0.25, 0.3) is 0 Å². The van der Waals surface area contributed by atoms with Gasteiger partial charge in [0.05, 0.1) is 0 Å². The van der Waals surface area contributed by atoms with Crippen molar-refractivity contribution < 1.29 is 4.79 Å². The summed E-state index contributed by atoms with van der Waals surface area (Å²) < 4.78 is 2.11. The topological polar surface area (TPSA) is 73.1 Å². The zero-order valence-corrected chi connectivity index (χ0v) is 12.7. The summed E-state index contributed by atoms with van der Waals surface area (Å²) in [6.45, 7) is 0. The number of aromatic nitrogens is 2. The fourth-order valence-corrected chi connectivity index (χ4v) is 2.32. The first-order valence-corrected chi connectivity index (χ1v) is 7.38. The predicted molar refractivity (Wildman–Crippen MR) is 83.1 cm³/mol. The summed E-state index contributed by atoms with van der Waals surface area (Å²) in [6.07, 6.45) is 3.18. The van der Waals surface area contributed by atoms with Crippen LogP contribution in [-0.4, -0.2) is 21.3 Å². The number of nitrogens with zero attached hydrogens (tertiary/aromatic N) is 2. The van der Waals surface area contributed by atoms with Gasteiger partial charge in [0.2, 0.25) is 0 Å². The largest absolute Gasteiger partial charge is 0.330 e. The molecular formula is C14H15N3O3S. The van der Waals surface area contributed by atoms with Gasteiger partial charge in [0.1, 0.15) is 5.56 Å². The Morgan fingerprint density at radius 3 is 2.62 bits per heavy atom. The molecule has 2 aromatic rings. The Hall–Kier alpha value is -2.28. The summed E-state index contributed by atoms with van der Waals surface area (Å²) in [7, 11) is 2.84. The van der Waals surface area contributed by atoms with Crippen molar-refractivity contribution in [3.05, 3.63) is 56.9 Å². The molecule has 0 bridgehead atoms. The highest BCUT2D eigenvalue weighted by Crippen LogP contribution is 2.19. The van der Waals surface area contributed by atoms with Crippen molar-refractivity contribution in [2.24, 2.45) is 14.1 Å². The number of aryl methyl sites for hydroxylation is 1. The third kappa shape index (κ3) is 3.08. The number of carbonyl (C=O) groups is 1. The quantitative estimate of drug-likeness (QED) is 0.861. The van der Waals surface area contributed by atoms with Crippen molar-refractivity contribution in [3.63, 3.8) is 0 Å². The summed E-state index contributed by atoms with van der Waals surface area (Å²) in [6, 6.07) is 7.30. The highest BCUT2D eigenvalue weighted by molar-refractivity contribution is 7.98. The molecule has 0 radical (unpaired) electrons. The molecule has 0 unspecified atom stereocenters. The second-order valence-corrected chi connectivity index (χ2v) is 5.37. The highest BCUT2D eigenvalue weighted by atomic mass is 32.2. The van der Waals surface area contributed by atoms with Gasteiger partial charge in [0, 0.05) is 30.9 Å². The van der Waals surface area contributed by atoms with Crippen LogP contribution in [0.4, 0.5) is 5.69 Å². The minimum absolute atomic E-state index is 0.0749. The average molecular weight is 305 g/mol. The van der Waals surface area contributed by atoms with Crippen LogP contribution in [0.5, 0.6) is 0 Å². The lowest BCUT2D eigenvalue weighted by Crippen LogP contribution is -2.40. The number of hydrogen-bond donors (Lipinski definition) is 1. The Balaban J connectivity index is 2.37. The van der Waals surface area contributed by atoms with Crippen LogP contribution in [0, 0.1) is 0 Å². The van der Waals surface area contributed by atoms with Gasteiger partial charge in [0.25, 0.3) is 11.5 Å². The first-order valence-electron chi connectivity index (χ1n) is 6.16. The standard InChI is InChI=1S/C14H15N3O3S/c1-16-8-11(13(19)17(2)14(16)20)12(18)15-9-5-4-6-10(7-9)21-3/h4-8H,1-3H3,(H,15,18). The molecule has 1 amide bonds. The number of hydrogen-bond acceptors (Lipinski definition) is 4. The van der Waals surface area contributed by atoms with Crippen LogP contribution >= 0.6 is 11.8 Å². The molecule has 1 aromatic heterocycles. The molecule has 6 nitrogen and oxygen atoms in total. The second-order valence-electron chi connectivity index (χ2n) is 4.49. The molecule has 0 spiro atoms. The van der Waals surface area contributed by atoms with E-state index in [0.29, 0.717) is 5.69 Å². The zero-order chi connectivity index (χ0) is 15.6. The molecule has 0 aliphatic rings. The van der Waals surface area contributed by atoms with E-state index in [1.807, 2.05) is 24.5 Å². The Bertz CT molecular complexity index is 808. The fourth-order valence-electron chi connectivity index (χ4n) is 1.86. The molecule has 0 aliphatic heterocycles. The molecule has 0 atom stereocenters. The maximum Gasteiger partial charge on any atom is 0.330 e. The Labute approximate surface area is 125 Å². The van der Waals surface area contributed by atoms with Crippen LogP contribution in [0.1, 0.15) is 10.4 Å². The van der Waals surface area contributed by atoms with Crippen LogP contribution < -0.4 is 16.6 Å². The van der Waals surface area contributed by atoms with Gasteiger partial charge >= 0.3 is 5.69 Å². The lowest BCUT2D eigenvalue weighted by Gasteiger charge is -2.08. The Morgan fingerprint density at radius 1 is 1.24 bits per heavy atom. The summed E-state index contributed by atoms with van der Waals surface area (Å²) >= 11 is 1.55. The molecule has 1 N–H and O–H groups in total. The number of amides is 1. The molecule has 0 saturated carbocycles. The maximum atomic E-state index is 12.2. The number of benzene rings is 1. The van der Waals surface area contributed by atoms with Crippen molar-refractivity contribution in [1.29, 1.82) is 0 Å². The maximum absolute atomic E-state index is 12.2. The Kier molecular flexibility index (Phi) is 4.32. The van der Waals surface area contributed by atoms with E-state index in [2.05, 4.69) is 5.32 Å². The molecule has 0 fully saturated rings. The zero-order valence-electron chi connectivity index (χ0n) is 11.9. The SMILES string of the molecule is CSc1cccc(NC(=O)c2cn(C)c(=O)n(C)c2=O)c1. The van der Waals surface area contributed by atoms with E-state index in [0.717, 1.165) is 9.46 Å². The van der Waals surface area contributed by atoms with E-state index >= 15 is 0 Å². The van der Waals surface area contributed by atoms with Gasteiger partial charge < -0.3 is 9.88 Å². The number of carbonyl (C=O) groups excluding carboxylic acids is 1. The molecule has 2 rings (SSSR count). The lowest BCUT2D eigenvalue weighted by atomic mass is 10.2. The van der Waals surface area contributed by atoms with Crippen molar-refractivity contribution in [2.75, 3.05) is 11.6 Å². The normalized spacial score (nSPS) is 10.4. The predicted octanol–water partition coefficient (Wildman–Crippen LogP) is 1.06. The third-order valence-corrected chi connectivity index (χ3v) is 3.74. The van der Waals surface area contributed by atoms with Gasteiger partial charge in [-0.1, -0.05) is 6.07 Å². The van der Waals surface area contributed by atoms with Crippen molar-refractivity contribution in [2.45, 2.75) is 4.90 Å². The summed E-state index contributed by atoms with van der Waals surface area (Å²) in [4.78, 5) is 36.8. The summed E-state index contributed by atoms with van der Waals surface area (Å²) in [5.41, 5.74) is -0.561. The fraction of sp³-hybridized carbons (Fsp3) is 0.214. The number of anilines is 1. The van der Waals surface area contributed by atoms with Crippen LogP contribution in [-0.2, 0) is 14.1 Å². The molecule has 0 aliphatic carbocycles. The van der Waals surface area contributed by atoms with Gasteiger partial charge in [-0.15, -0.1) is 11.8 Å². The van der Waals surface area contributed by atoms with Gasteiger partial charge in [-0.3, -0.25) is 14.2 Å². The monoisotopic (exact) mass is 305 g/mol. The number of thioether (sulfide) groups is 1. The second kappa shape index (κ2) is 6.01. The first-order chi connectivity index (χ1) is 9.93. The molecule has 0 saturated heterocycles. The van der Waals surface area contributed by atoms with Crippen LogP contribution in [0.2, 0.25) is 0 Å². The number of nitrogens with one attached hydrogen (secondary N) is 1. The first kappa shape index (κ1) is 15.1. The van der Waals surface area contributed by atoms with E-state index in [9.17, 15) is 14.4 Å². The lowest BCUT2D eigenvalue weighted by molar-refractivity contribution is 0.102. The van der Waals surface area contributed by atoms with E-state index in [4.69, 9.17) is 0 Å². The van der Waals surface area contributed by atoms with Gasteiger partial charge in [0.15, 0.2) is 0 Å². The van der Waals surface area contributed by atoms with E-state index < -0.39 is 17.2 Å². The molecule has 110 valence electrons. The minimum atomic E-state index is -0.614. The Morgan fingerprint density at radius 2 is 1.95 bits per heavy atom. The van der Waals surface area contributed by atoms with E-state index in [-0.39, 0.29) is 5.56 Å². The van der Waals surface area contributed by atoms with Gasteiger partial charge in [-0.2, -0.15) is 0 Å². The van der Waals surface area contributed by atoms with Crippen molar-refractivity contribution in [3.8, 4) is 0 Å². The average Bonchev–Trinajstić information content (AvgIpc) is 2.48. The molecule has 1 heterocycles. The van der Waals surface area contributed by atoms with Gasteiger partial charge in [-0.25, -0.2) is 4.79 Å². The summed E-state index contributed by atoms with van der Waals surface area (Å²) in [5, 5.41) is 2.67. The van der Waals surface area contributed by atoms with E-state index in [1.165, 1.54) is 24.9 Å². The minimum Gasteiger partial charge on any atom is -0.322 e. The molecule has 7 heteroatoms. The van der Waals surface area contributed by atoms with E-state index in [1.54, 1.807) is 17.8 Å². The smallest absolute Gasteiger partial charge is 0.322 e. The van der Waals surface area contributed by atoms with Crippen LogP contribution in [0.3, 0.4) is 0 Å². The molecule has 21 heavy (non-hydrogen) atoms. The third-order valence-electron chi connectivity index (χ3n) is 3.02. The van der Waals surface area contributed by atoms with Crippen LogP contribution in [0.15, 0.2) is 44.9 Å².